The lowest BCUT2D eigenvalue weighted by Gasteiger charge is -2.25. The molecule has 0 radical (unpaired) electrons. The largest absolute Gasteiger partial charge is 0.497 e. The fourth-order valence-corrected chi connectivity index (χ4v) is 2.87. The molecule has 128 valence electrons. The molecule has 1 aliphatic heterocycles. The Labute approximate surface area is 140 Å². The molecular weight excluding hydrogens is 308 g/mol. The fourth-order valence-electron chi connectivity index (χ4n) is 2.87. The first-order valence-corrected chi connectivity index (χ1v) is 7.96. The van der Waals surface area contributed by atoms with Crippen molar-refractivity contribution in [2.45, 2.75) is 12.8 Å². The van der Waals surface area contributed by atoms with Gasteiger partial charge in [0.25, 0.3) is 0 Å². The lowest BCUT2D eigenvalue weighted by Crippen LogP contribution is -2.23. The molecule has 0 aliphatic carbocycles. The van der Waals surface area contributed by atoms with Crippen LogP contribution in [0.2, 0.25) is 0 Å². The highest BCUT2D eigenvalue weighted by molar-refractivity contribution is 5.43. The molecule has 1 aromatic heterocycles. The molecule has 2 heterocycles. The zero-order chi connectivity index (χ0) is 16.9. The van der Waals surface area contributed by atoms with Crippen LogP contribution in [0, 0.1) is 5.92 Å². The van der Waals surface area contributed by atoms with E-state index in [4.69, 9.17) is 20.3 Å². The molecule has 4 N–H and O–H groups in total. The highest BCUT2D eigenvalue weighted by Gasteiger charge is 2.21. The minimum atomic E-state index is 0.0377. The van der Waals surface area contributed by atoms with Gasteiger partial charge in [-0.2, -0.15) is 4.98 Å². The molecule has 1 unspecified atom stereocenters. The Morgan fingerprint density at radius 2 is 2.25 bits per heavy atom. The number of nitrogen functional groups attached to an aromatic ring is 1. The first-order valence-electron chi connectivity index (χ1n) is 7.96. The van der Waals surface area contributed by atoms with E-state index in [0.29, 0.717) is 24.9 Å². The van der Waals surface area contributed by atoms with E-state index in [0.717, 1.165) is 30.0 Å². The summed E-state index contributed by atoms with van der Waals surface area (Å²) in [5, 5.41) is 11.9. The zero-order valence-electron chi connectivity index (χ0n) is 13.7. The number of hydrogen-bond acceptors (Lipinski definition) is 7. The van der Waals surface area contributed by atoms with Gasteiger partial charge in [-0.3, -0.25) is 0 Å². The number of nitrogens with two attached hydrogens (primary N) is 1. The molecule has 0 spiro atoms. The minimum Gasteiger partial charge on any atom is -0.497 e. The SMILES string of the molecule is COc1ccc2c(c1)OCC(Cc1cc(NCCO)nc(N)n1)C2. The second-order valence-electron chi connectivity index (χ2n) is 5.81. The van der Waals surface area contributed by atoms with Gasteiger partial charge in [-0.05, 0) is 24.5 Å². The van der Waals surface area contributed by atoms with Crippen molar-refractivity contribution in [3.05, 3.63) is 35.5 Å². The molecule has 3 rings (SSSR count). The quantitative estimate of drug-likeness (QED) is 0.733. The third-order valence-corrected chi connectivity index (χ3v) is 3.97. The summed E-state index contributed by atoms with van der Waals surface area (Å²) < 4.78 is 11.1. The van der Waals surface area contributed by atoms with Gasteiger partial charge in [-0.15, -0.1) is 0 Å². The monoisotopic (exact) mass is 330 g/mol. The van der Waals surface area contributed by atoms with Gasteiger partial charge in [0, 0.05) is 30.3 Å². The van der Waals surface area contributed by atoms with Crippen LogP contribution >= 0.6 is 0 Å². The van der Waals surface area contributed by atoms with E-state index in [1.807, 2.05) is 24.3 Å². The normalized spacial score (nSPS) is 16.2. The standard InChI is InChI=1S/C17H22N4O3/c1-23-14-3-2-12-6-11(10-24-15(12)9-14)7-13-8-16(19-4-5-22)21-17(18)20-13/h2-3,8-9,11,22H,4-7,10H2,1H3,(H3,18,19,20,21). The molecule has 0 fully saturated rings. The van der Waals surface area contributed by atoms with Crippen LogP contribution in [0.15, 0.2) is 24.3 Å². The molecule has 0 saturated carbocycles. The lowest BCUT2D eigenvalue weighted by atomic mass is 9.92. The van der Waals surface area contributed by atoms with Gasteiger partial charge >= 0.3 is 0 Å². The van der Waals surface area contributed by atoms with E-state index in [-0.39, 0.29) is 12.6 Å². The molecule has 7 heteroatoms. The fraction of sp³-hybridized carbons (Fsp3) is 0.412. The Morgan fingerprint density at radius 1 is 1.38 bits per heavy atom. The van der Waals surface area contributed by atoms with Crippen LogP contribution in [0.4, 0.5) is 11.8 Å². The lowest BCUT2D eigenvalue weighted by molar-refractivity contribution is 0.219. The maximum absolute atomic E-state index is 8.89. The predicted octanol–water partition coefficient (Wildman–Crippen LogP) is 1.27. The molecule has 0 amide bonds. The number of benzene rings is 1. The van der Waals surface area contributed by atoms with Crippen molar-refractivity contribution in [1.82, 2.24) is 9.97 Å². The van der Waals surface area contributed by atoms with Gasteiger partial charge in [0.2, 0.25) is 5.95 Å². The smallest absolute Gasteiger partial charge is 0.222 e. The first-order chi connectivity index (χ1) is 11.7. The maximum atomic E-state index is 8.89. The molecule has 1 atom stereocenters. The van der Waals surface area contributed by atoms with Crippen LogP contribution in [0.25, 0.3) is 0 Å². The number of aliphatic hydroxyl groups is 1. The summed E-state index contributed by atoms with van der Waals surface area (Å²) in [5.74, 6) is 2.88. The number of anilines is 2. The molecular formula is C17H22N4O3. The molecule has 2 aromatic rings. The van der Waals surface area contributed by atoms with E-state index in [1.54, 1.807) is 7.11 Å². The van der Waals surface area contributed by atoms with Crippen molar-refractivity contribution in [1.29, 1.82) is 0 Å². The van der Waals surface area contributed by atoms with Crippen LogP contribution in [0.1, 0.15) is 11.3 Å². The number of hydrogen-bond donors (Lipinski definition) is 3. The van der Waals surface area contributed by atoms with Crippen molar-refractivity contribution in [3.63, 3.8) is 0 Å². The summed E-state index contributed by atoms with van der Waals surface area (Å²) in [5.41, 5.74) is 7.82. The Bertz CT molecular complexity index is 708. The van der Waals surface area contributed by atoms with Gasteiger partial charge < -0.3 is 25.6 Å². The van der Waals surface area contributed by atoms with Crippen molar-refractivity contribution in [2.75, 3.05) is 37.9 Å². The number of rotatable bonds is 6. The van der Waals surface area contributed by atoms with Crippen molar-refractivity contribution in [3.8, 4) is 11.5 Å². The topological polar surface area (TPSA) is 103 Å². The number of fused-ring (bicyclic) bond motifs is 1. The van der Waals surface area contributed by atoms with Gasteiger partial charge in [-0.25, -0.2) is 4.98 Å². The molecule has 1 aliphatic rings. The summed E-state index contributed by atoms with van der Waals surface area (Å²) in [4.78, 5) is 8.43. The molecule has 24 heavy (non-hydrogen) atoms. The van der Waals surface area contributed by atoms with E-state index >= 15 is 0 Å². The Hall–Kier alpha value is -2.54. The van der Waals surface area contributed by atoms with Gasteiger partial charge in [0.1, 0.15) is 17.3 Å². The molecule has 0 bridgehead atoms. The average molecular weight is 330 g/mol. The summed E-state index contributed by atoms with van der Waals surface area (Å²) in [6.07, 6.45) is 1.68. The minimum absolute atomic E-state index is 0.0377. The van der Waals surface area contributed by atoms with Crippen LogP contribution in [0.3, 0.4) is 0 Å². The summed E-state index contributed by atoms with van der Waals surface area (Å²) in [6.45, 7) is 1.09. The van der Waals surface area contributed by atoms with Gasteiger partial charge in [0.15, 0.2) is 0 Å². The van der Waals surface area contributed by atoms with Crippen molar-refractivity contribution in [2.24, 2.45) is 5.92 Å². The summed E-state index contributed by atoms with van der Waals surface area (Å²) >= 11 is 0. The molecule has 0 saturated heterocycles. The number of nitrogens with one attached hydrogen (secondary N) is 1. The number of aromatic nitrogens is 2. The number of aliphatic hydroxyl groups excluding tert-OH is 1. The predicted molar refractivity (Wildman–Crippen MR) is 91.4 cm³/mol. The van der Waals surface area contributed by atoms with Crippen molar-refractivity contribution >= 4 is 11.8 Å². The zero-order valence-corrected chi connectivity index (χ0v) is 13.7. The highest BCUT2D eigenvalue weighted by atomic mass is 16.5. The first kappa shape index (κ1) is 16.3. The maximum Gasteiger partial charge on any atom is 0.222 e. The van der Waals surface area contributed by atoms with Crippen LogP contribution < -0.4 is 20.5 Å². The van der Waals surface area contributed by atoms with Crippen molar-refractivity contribution < 1.29 is 14.6 Å². The summed E-state index contributed by atoms with van der Waals surface area (Å²) in [6, 6.07) is 7.79. The highest BCUT2D eigenvalue weighted by Crippen LogP contribution is 2.32. The van der Waals surface area contributed by atoms with E-state index in [1.165, 1.54) is 5.56 Å². The van der Waals surface area contributed by atoms with Crippen LogP contribution in [-0.2, 0) is 12.8 Å². The molecule has 7 nitrogen and oxygen atoms in total. The van der Waals surface area contributed by atoms with Gasteiger partial charge in [-0.1, -0.05) is 6.07 Å². The third kappa shape index (κ3) is 3.86. The Kier molecular flexibility index (Phi) is 5.00. The van der Waals surface area contributed by atoms with Crippen LogP contribution in [0.5, 0.6) is 11.5 Å². The van der Waals surface area contributed by atoms with E-state index in [9.17, 15) is 0 Å². The van der Waals surface area contributed by atoms with E-state index in [2.05, 4.69) is 15.3 Å². The molecule has 1 aromatic carbocycles. The number of ether oxygens (including phenoxy) is 2. The summed E-state index contributed by atoms with van der Waals surface area (Å²) in [7, 11) is 1.65. The van der Waals surface area contributed by atoms with Gasteiger partial charge in [0.05, 0.1) is 20.3 Å². The average Bonchev–Trinajstić information content (AvgIpc) is 2.59. The third-order valence-electron chi connectivity index (χ3n) is 3.97. The Balaban J connectivity index is 1.69. The second kappa shape index (κ2) is 7.35. The number of nitrogens with zero attached hydrogens (tertiary/aromatic N) is 2. The van der Waals surface area contributed by atoms with E-state index < -0.39 is 0 Å². The number of methoxy groups -OCH3 is 1. The van der Waals surface area contributed by atoms with Crippen LogP contribution in [-0.4, -0.2) is 41.9 Å². The Morgan fingerprint density at radius 3 is 3.04 bits per heavy atom. The second-order valence-corrected chi connectivity index (χ2v) is 5.81.